The summed E-state index contributed by atoms with van der Waals surface area (Å²) >= 11 is 0. The first-order valence-corrected chi connectivity index (χ1v) is 27.1. The smallest absolute Gasteiger partial charge is 0.270 e. The SMILES string of the molecule is Cc1ccc(S(=O)(=O)N(C#CCO[Si](c2ccccc2)(c2ccccc2)C(C)(C)C)CCc2cn(C#CCO[Si](c3ccccc3)(c3ccccc3)C(C)(C)C)c3ccccc23)cc1. The molecule has 0 bridgehead atoms. The molecular weight excluding hydrogens is 841 g/mol. The molecule has 0 fully saturated rings. The van der Waals surface area contributed by atoms with E-state index in [9.17, 15) is 8.42 Å². The van der Waals surface area contributed by atoms with Crippen molar-refractivity contribution in [1.29, 1.82) is 0 Å². The molecule has 64 heavy (non-hydrogen) atoms. The van der Waals surface area contributed by atoms with Crippen molar-refractivity contribution in [2.75, 3.05) is 19.8 Å². The summed E-state index contributed by atoms with van der Waals surface area (Å²) in [7, 11) is -9.68. The van der Waals surface area contributed by atoms with E-state index in [4.69, 9.17) is 8.85 Å². The van der Waals surface area contributed by atoms with Crippen LogP contribution in [0.4, 0.5) is 0 Å². The second kappa shape index (κ2) is 19.4. The Morgan fingerprint density at radius 3 is 1.44 bits per heavy atom. The minimum absolute atomic E-state index is 0.0536. The number of nitrogens with zero attached hydrogens (tertiary/aromatic N) is 2. The Hall–Kier alpha value is -5.92. The molecule has 0 unspecified atom stereocenters. The van der Waals surface area contributed by atoms with Crippen LogP contribution >= 0.6 is 0 Å². The maximum Gasteiger partial charge on any atom is 0.270 e. The highest BCUT2D eigenvalue weighted by Gasteiger charge is 2.51. The normalized spacial score (nSPS) is 12.2. The van der Waals surface area contributed by atoms with Gasteiger partial charge in [0, 0.05) is 30.2 Å². The van der Waals surface area contributed by atoms with Crippen LogP contribution in [0.25, 0.3) is 10.9 Å². The summed E-state index contributed by atoms with van der Waals surface area (Å²) < 4.78 is 46.1. The Morgan fingerprint density at radius 1 is 0.562 bits per heavy atom. The van der Waals surface area contributed by atoms with Gasteiger partial charge in [0.05, 0.1) is 23.6 Å². The third-order valence-corrected chi connectivity index (χ3v) is 23.6. The predicted molar refractivity (Wildman–Crippen MR) is 269 cm³/mol. The van der Waals surface area contributed by atoms with Crippen LogP contribution in [0.15, 0.2) is 181 Å². The molecule has 7 rings (SSSR count). The number of hydrogen-bond donors (Lipinski definition) is 0. The van der Waals surface area contributed by atoms with Crippen LogP contribution in [-0.2, 0) is 25.3 Å². The maximum absolute atomic E-state index is 14.4. The molecule has 6 nitrogen and oxygen atoms in total. The van der Waals surface area contributed by atoms with Crippen LogP contribution in [0, 0.1) is 30.9 Å². The van der Waals surface area contributed by atoms with Crippen molar-refractivity contribution in [3.8, 4) is 23.9 Å². The molecule has 0 aliphatic heterocycles. The van der Waals surface area contributed by atoms with E-state index < -0.39 is 26.7 Å². The zero-order valence-electron chi connectivity index (χ0n) is 38.0. The van der Waals surface area contributed by atoms with Crippen molar-refractivity contribution in [1.82, 2.24) is 8.87 Å². The van der Waals surface area contributed by atoms with Crippen molar-refractivity contribution in [2.24, 2.45) is 0 Å². The van der Waals surface area contributed by atoms with Gasteiger partial charge in [0.1, 0.15) is 0 Å². The molecule has 0 saturated carbocycles. The van der Waals surface area contributed by atoms with E-state index in [1.165, 1.54) is 14.7 Å². The fourth-order valence-electron chi connectivity index (χ4n) is 8.89. The second-order valence-corrected chi connectivity index (χ2v) is 28.6. The third-order valence-electron chi connectivity index (χ3n) is 11.9. The summed E-state index contributed by atoms with van der Waals surface area (Å²) in [6, 6.07) is 63.3. The van der Waals surface area contributed by atoms with E-state index in [-0.39, 0.29) is 34.7 Å². The van der Waals surface area contributed by atoms with E-state index >= 15 is 0 Å². The van der Waals surface area contributed by atoms with Crippen LogP contribution in [0.2, 0.25) is 10.1 Å². The fraction of sp³-hybridized carbons (Fsp3) is 0.236. The molecule has 9 heteroatoms. The zero-order valence-corrected chi connectivity index (χ0v) is 40.8. The molecule has 1 heterocycles. The monoisotopic (exact) mass is 898 g/mol. The van der Waals surface area contributed by atoms with Crippen LogP contribution in [0.1, 0.15) is 52.7 Å². The average Bonchev–Trinajstić information content (AvgIpc) is 3.65. The first-order chi connectivity index (χ1) is 30.7. The van der Waals surface area contributed by atoms with Crippen molar-refractivity contribution in [3.63, 3.8) is 0 Å². The summed E-state index contributed by atoms with van der Waals surface area (Å²) in [6.45, 7) is 15.8. The van der Waals surface area contributed by atoms with Gasteiger partial charge in [-0.15, -0.1) is 0 Å². The van der Waals surface area contributed by atoms with Crippen LogP contribution in [-0.4, -0.2) is 53.7 Å². The average molecular weight is 899 g/mol. The number of rotatable bonds is 13. The van der Waals surface area contributed by atoms with Gasteiger partial charge >= 0.3 is 0 Å². The summed E-state index contributed by atoms with van der Waals surface area (Å²) in [5.74, 6) is 6.53. The lowest BCUT2D eigenvalue weighted by atomic mass is 10.1. The predicted octanol–water partition coefficient (Wildman–Crippen LogP) is 9.11. The molecule has 0 aliphatic rings. The van der Waals surface area contributed by atoms with Crippen molar-refractivity contribution in [3.05, 3.63) is 187 Å². The highest BCUT2D eigenvalue weighted by Crippen LogP contribution is 2.38. The van der Waals surface area contributed by atoms with Gasteiger partial charge in [0.2, 0.25) is 0 Å². The van der Waals surface area contributed by atoms with E-state index in [0.717, 1.165) is 32.4 Å². The number of hydrogen-bond acceptors (Lipinski definition) is 4. The lowest BCUT2D eigenvalue weighted by Crippen LogP contribution is -2.66. The Kier molecular flexibility index (Phi) is 14.0. The lowest BCUT2D eigenvalue weighted by molar-refractivity contribution is 0.345. The molecule has 0 amide bonds. The van der Waals surface area contributed by atoms with E-state index in [1.807, 2.05) is 96.6 Å². The third kappa shape index (κ3) is 9.47. The van der Waals surface area contributed by atoms with Gasteiger partial charge in [-0.05, 0) is 67.9 Å². The Morgan fingerprint density at radius 2 is 0.984 bits per heavy atom. The van der Waals surface area contributed by atoms with Gasteiger partial charge in [-0.2, -0.15) is 0 Å². The highest BCUT2D eigenvalue weighted by atomic mass is 32.2. The molecule has 0 N–H and O–H groups in total. The Bertz CT molecular complexity index is 2810. The summed E-state index contributed by atoms with van der Waals surface area (Å²) in [5, 5.41) is 5.24. The van der Waals surface area contributed by atoms with Crippen LogP contribution in [0.5, 0.6) is 0 Å². The zero-order chi connectivity index (χ0) is 45.4. The van der Waals surface area contributed by atoms with Gasteiger partial charge < -0.3 is 8.85 Å². The number of para-hydroxylation sites is 1. The van der Waals surface area contributed by atoms with Crippen molar-refractivity contribution in [2.45, 2.75) is 69.9 Å². The summed E-state index contributed by atoms with van der Waals surface area (Å²) in [4.78, 5) is 0.189. The Labute approximate surface area is 383 Å². The van der Waals surface area contributed by atoms with Crippen LogP contribution in [0.3, 0.4) is 0 Å². The standard InChI is InChI=1S/C55H58N2O4SSi2/c1-45-34-36-47(37-35-45)62(58,59)57(40-23-43-61-64(55(5,6)7,50-28-16-10-17-29-50)51-30-18-11-19-31-51)41-38-46-44-56(53-33-21-20-32-52(46)53)39-22-42-60-63(54(2,3)4,48-24-12-8-13-25-48)49-26-14-9-15-27-49/h8-21,24-37,44H,38,41-43H2,1-7H3. The quantitative estimate of drug-likeness (QED) is 0.0659. The van der Waals surface area contributed by atoms with E-state index in [0.29, 0.717) is 6.42 Å². The number of aromatic nitrogens is 1. The highest BCUT2D eigenvalue weighted by molar-refractivity contribution is 7.89. The van der Waals surface area contributed by atoms with Crippen molar-refractivity contribution < 1.29 is 17.3 Å². The van der Waals surface area contributed by atoms with Gasteiger partial charge in [0.25, 0.3) is 26.7 Å². The minimum atomic E-state index is -4.00. The first kappa shape index (κ1) is 46.1. The molecule has 7 aromatic rings. The molecule has 0 atom stereocenters. The molecule has 0 spiro atoms. The van der Waals surface area contributed by atoms with Gasteiger partial charge in [-0.25, -0.2) is 12.7 Å². The first-order valence-electron chi connectivity index (χ1n) is 21.8. The van der Waals surface area contributed by atoms with E-state index in [2.05, 4.69) is 144 Å². The Balaban J connectivity index is 1.19. The van der Waals surface area contributed by atoms with Crippen molar-refractivity contribution >= 4 is 58.3 Å². The van der Waals surface area contributed by atoms with Crippen LogP contribution < -0.4 is 20.7 Å². The fourth-order valence-corrected chi connectivity index (χ4v) is 19.0. The molecule has 0 radical (unpaired) electrons. The minimum Gasteiger partial charge on any atom is -0.396 e. The molecule has 1 aromatic heterocycles. The lowest BCUT2D eigenvalue weighted by Gasteiger charge is -2.42. The number of benzene rings is 6. The molecule has 0 aliphatic carbocycles. The summed E-state index contributed by atoms with van der Waals surface area (Å²) in [5.41, 5.74) is 2.88. The number of fused-ring (bicyclic) bond motifs is 1. The van der Waals surface area contributed by atoms with Gasteiger partial charge in [0.15, 0.2) is 0 Å². The molecule has 326 valence electrons. The maximum atomic E-state index is 14.4. The number of aryl methyl sites for hydroxylation is 1. The van der Waals surface area contributed by atoms with Gasteiger partial charge in [-0.3, -0.25) is 4.57 Å². The molecular formula is C55H58N2O4SSi2. The molecule has 6 aromatic carbocycles. The number of sulfonamides is 1. The van der Waals surface area contributed by atoms with E-state index in [1.54, 1.807) is 12.1 Å². The molecule has 0 saturated heterocycles. The largest absolute Gasteiger partial charge is 0.396 e. The van der Waals surface area contributed by atoms with Gasteiger partial charge in [-0.1, -0.05) is 211 Å². The summed E-state index contributed by atoms with van der Waals surface area (Å²) in [6.07, 6.45) is 2.42. The second-order valence-electron chi connectivity index (χ2n) is 18.2. The topological polar surface area (TPSA) is 60.8 Å².